The van der Waals surface area contributed by atoms with E-state index in [4.69, 9.17) is 5.73 Å². The van der Waals surface area contributed by atoms with Crippen molar-refractivity contribution in [1.29, 1.82) is 0 Å². The van der Waals surface area contributed by atoms with Gasteiger partial charge in [0, 0.05) is 12.6 Å². The molecular formula is C13H24F3NO. The van der Waals surface area contributed by atoms with Gasteiger partial charge in [0.05, 0.1) is 0 Å². The van der Waals surface area contributed by atoms with Gasteiger partial charge in [0.1, 0.15) is 6.61 Å². The second-order valence-corrected chi connectivity index (χ2v) is 5.32. The number of alkyl halides is 3. The third-order valence-electron chi connectivity index (χ3n) is 3.87. The van der Waals surface area contributed by atoms with Crippen molar-refractivity contribution in [3.05, 3.63) is 0 Å². The maximum atomic E-state index is 11.9. The number of ether oxygens (including phenoxy) is 1. The minimum atomic E-state index is -4.23. The molecule has 2 nitrogen and oxygen atoms in total. The van der Waals surface area contributed by atoms with Crippen LogP contribution in [0, 0.1) is 11.8 Å². The van der Waals surface area contributed by atoms with Crippen LogP contribution in [0.1, 0.15) is 45.4 Å². The molecule has 0 aromatic rings. The fourth-order valence-corrected chi connectivity index (χ4v) is 2.74. The van der Waals surface area contributed by atoms with Gasteiger partial charge in [0.15, 0.2) is 0 Å². The van der Waals surface area contributed by atoms with Gasteiger partial charge in [-0.15, -0.1) is 0 Å². The van der Waals surface area contributed by atoms with Gasteiger partial charge >= 0.3 is 6.18 Å². The van der Waals surface area contributed by atoms with Crippen molar-refractivity contribution < 1.29 is 17.9 Å². The van der Waals surface area contributed by atoms with E-state index in [1.807, 2.05) is 0 Å². The minimum Gasteiger partial charge on any atom is -0.372 e. The molecule has 1 saturated carbocycles. The van der Waals surface area contributed by atoms with Crippen LogP contribution in [0.2, 0.25) is 0 Å². The Hall–Kier alpha value is -0.290. The van der Waals surface area contributed by atoms with Gasteiger partial charge in [-0.05, 0) is 31.1 Å². The summed E-state index contributed by atoms with van der Waals surface area (Å²) >= 11 is 0. The normalized spacial score (nSPS) is 27.2. The van der Waals surface area contributed by atoms with Crippen LogP contribution >= 0.6 is 0 Å². The van der Waals surface area contributed by atoms with Crippen LogP contribution in [0.4, 0.5) is 13.2 Å². The molecule has 0 amide bonds. The van der Waals surface area contributed by atoms with Gasteiger partial charge in [-0.2, -0.15) is 13.2 Å². The molecule has 18 heavy (non-hydrogen) atoms. The van der Waals surface area contributed by atoms with E-state index in [1.165, 1.54) is 19.3 Å². The average molecular weight is 267 g/mol. The Morgan fingerprint density at radius 2 is 2.06 bits per heavy atom. The Labute approximate surface area is 107 Å². The molecule has 2 N–H and O–H groups in total. The zero-order valence-electron chi connectivity index (χ0n) is 11.0. The summed E-state index contributed by atoms with van der Waals surface area (Å²) in [5, 5.41) is 0. The molecule has 0 aromatic carbocycles. The van der Waals surface area contributed by atoms with Crippen molar-refractivity contribution >= 4 is 0 Å². The summed E-state index contributed by atoms with van der Waals surface area (Å²) in [7, 11) is 0. The SMILES string of the molecule is CCC1CCCC(C(N)CCOCC(F)(F)F)C1. The highest BCUT2D eigenvalue weighted by Crippen LogP contribution is 2.33. The monoisotopic (exact) mass is 267 g/mol. The predicted octanol–water partition coefficient (Wildman–Crippen LogP) is 3.50. The molecule has 0 bridgehead atoms. The molecule has 5 heteroatoms. The van der Waals surface area contributed by atoms with Crippen LogP contribution in [0.5, 0.6) is 0 Å². The van der Waals surface area contributed by atoms with Gasteiger partial charge in [0.2, 0.25) is 0 Å². The molecule has 0 aromatic heterocycles. The fourth-order valence-electron chi connectivity index (χ4n) is 2.74. The third kappa shape index (κ3) is 6.05. The average Bonchev–Trinajstić information content (AvgIpc) is 2.33. The van der Waals surface area contributed by atoms with Crippen LogP contribution < -0.4 is 5.73 Å². The lowest BCUT2D eigenvalue weighted by Crippen LogP contribution is -2.35. The van der Waals surface area contributed by atoms with Crippen LogP contribution in [-0.2, 0) is 4.74 Å². The largest absolute Gasteiger partial charge is 0.411 e. The molecule has 3 unspecified atom stereocenters. The van der Waals surface area contributed by atoms with Crippen LogP contribution in [-0.4, -0.2) is 25.4 Å². The number of hydrogen-bond donors (Lipinski definition) is 1. The fraction of sp³-hybridized carbons (Fsp3) is 1.00. The van der Waals surface area contributed by atoms with Crippen LogP contribution in [0.15, 0.2) is 0 Å². The molecule has 0 saturated heterocycles. The highest BCUT2D eigenvalue weighted by atomic mass is 19.4. The van der Waals surface area contributed by atoms with Gasteiger partial charge in [0.25, 0.3) is 0 Å². The van der Waals surface area contributed by atoms with E-state index >= 15 is 0 Å². The van der Waals surface area contributed by atoms with Crippen molar-refractivity contribution in [3.63, 3.8) is 0 Å². The number of hydrogen-bond acceptors (Lipinski definition) is 2. The smallest absolute Gasteiger partial charge is 0.372 e. The second kappa shape index (κ2) is 7.34. The van der Waals surface area contributed by atoms with Crippen LogP contribution in [0.3, 0.4) is 0 Å². The lowest BCUT2D eigenvalue weighted by Gasteiger charge is -2.32. The Bertz CT molecular complexity index is 233. The molecule has 1 aliphatic carbocycles. The van der Waals surface area contributed by atoms with Gasteiger partial charge in [-0.3, -0.25) is 0 Å². The van der Waals surface area contributed by atoms with Crippen molar-refractivity contribution in [2.45, 2.75) is 57.7 Å². The maximum absolute atomic E-state index is 11.9. The molecule has 0 aliphatic heterocycles. The standard InChI is InChI=1S/C13H24F3NO/c1-2-10-4-3-5-11(8-10)12(17)6-7-18-9-13(14,15)16/h10-12H,2-9,17H2,1H3. The predicted molar refractivity (Wildman–Crippen MR) is 65.2 cm³/mol. The Balaban J connectivity index is 2.17. The first-order valence-electron chi connectivity index (χ1n) is 6.82. The molecule has 1 fully saturated rings. The lowest BCUT2D eigenvalue weighted by atomic mass is 9.76. The molecule has 1 rings (SSSR count). The summed E-state index contributed by atoms with van der Waals surface area (Å²) in [6, 6.07) is -0.0208. The molecule has 108 valence electrons. The van der Waals surface area contributed by atoms with Crippen molar-refractivity contribution in [2.75, 3.05) is 13.2 Å². The van der Waals surface area contributed by atoms with Crippen LogP contribution in [0.25, 0.3) is 0 Å². The molecular weight excluding hydrogens is 243 g/mol. The number of halogens is 3. The highest BCUT2D eigenvalue weighted by Gasteiger charge is 2.28. The van der Waals surface area contributed by atoms with E-state index in [0.29, 0.717) is 12.3 Å². The molecule has 0 spiro atoms. The Morgan fingerprint density at radius 3 is 2.67 bits per heavy atom. The maximum Gasteiger partial charge on any atom is 0.411 e. The Kier molecular flexibility index (Phi) is 6.43. The van der Waals surface area contributed by atoms with Gasteiger partial charge in [-0.1, -0.05) is 26.2 Å². The molecule has 0 radical (unpaired) electrons. The minimum absolute atomic E-state index is 0.0208. The van der Waals surface area contributed by atoms with Crippen molar-refractivity contribution in [3.8, 4) is 0 Å². The topological polar surface area (TPSA) is 35.2 Å². The van der Waals surface area contributed by atoms with Gasteiger partial charge in [-0.25, -0.2) is 0 Å². The van der Waals surface area contributed by atoms with E-state index in [9.17, 15) is 13.2 Å². The second-order valence-electron chi connectivity index (χ2n) is 5.32. The first-order chi connectivity index (χ1) is 8.42. The summed E-state index contributed by atoms with van der Waals surface area (Å²) in [5.41, 5.74) is 6.05. The number of nitrogens with two attached hydrogens (primary N) is 1. The summed E-state index contributed by atoms with van der Waals surface area (Å²) < 4.78 is 40.2. The molecule has 0 heterocycles. The van der Waals surface area contributed by atoms with Crippen molar-refractivity contribution in [2.24, 2.45) is 17.6 Å². The number of rotatable bonds is 6. The zero-order chi connectivity index (χ0) is 13.6. The molecule has 1 aliphatic rings. The van der Waals surface area contributed by atoms with E-state index in [0.717, 1.165) is 18.8 Å². The van der Waals surface area contributed by atoms with E-state index in [2.05, 4.69) is 11.7 Å². The third-order valence-corrected chi connectivity index (χ3v) is 3.87. The quantitative estimate of drug-likeness (QED) is 0.748. The van der Waals surface area contributed by atoms with Crippen molar-refractivity contribution in [1.82, 2.24) is 0 Å². The highest BCUT2D eigenvalue weighted by molar-refractivity contribution is 4.80. The zero-order valence-corrected chi connectivity index (χ0v) is 11.0. The van der Waals surface area contributed by atoms with E-state index in [-0.39, 0.29) is 12.6 Å². The molecule has 3 atom stereocenters. The Morgan fingerprint density at radius 1 is 1.33 bits per heavy atom. The van der Waals surface area contributed by atoms with Gasteiger partial charge < -0.3 is 10.5 Å². The summed E-state index contributed by atoms with van der Waals surface area (Å²) in [6.07, 6.45) is 2.16. The first kappa shape index (κ1) is 15.8. The summed E-state index contributed by atoms with van der Waals surface area (Å²) in [4.78, 5) is 0. The van der Waals surface area contributed by atoms with E-state index in [1.54, 1.807) is 0 Å². The lowest BCUT2D eigenvalue weighted by molar-refractivity contribution is -0.174. The first-order valence-corrected chi connectivity index (χ1v) is 6.82. The summed E-state index contributed by atoms with van der Waals surface area (Å²) in [6.45, 7) is 1.13. The van der Waals surface area contributed by atoms with E-state index < -0.39 is 12.8 Å². The summed E-state index contributed by atoms with van der Waals surface area (Å²) in [5.74, 6) is 1.20.